The van der Waals surface area contributed by atoms with Crippen molar-refractivity contribution in [2.45, 2.75) is 18.9 Å². The van der Waals surface area contributed by atoms with Gasteiger partial charge in [-0.15, -0.1) is 0 Å². The van der Waals surface area contributed by atoms with Gasteiger partial charge in [0.1, 0.15) is 5.75 Å². The van der Waals surface area contributed by atoms with Crippen molar-refractivity contribution in [3.8, 4) is 17.0 Å². The lowest BCUT2D eigenvalue weighted by atomic mass is 10.0. The summed E-state index contributed by atoms with van der Waals surface area (Å²) in [6.45, 7) is 1.66. The van der Waals surface area contributed by atoms with Crippen molar-refractivity contribution in [2.75, 3.05) is 25.1 Å². The van der Waals surface area contributed by atoms with E-state index in [0.29, 0.717) is 5.56 Å². The third-order valence-corrected chi connectivity index (χ3v) is 5.89. The highest BCUT2D eigenvalue weighted by Crippen LogP contribution is 2.26. The summed E-state index contributed by atoms with van der Waals surface area (Å²) in [5.74, 6) is 1.70. The Hall–Kier alpha value is -3.74. The Kier molecular flexibility index (Phi) is 5.08. The standard InChI is InChI=1S/C24H25N5O2/c1-31-18-9-7-16(8-10-18)22-14-23(28-27-22)29-13-3-4-17(15-29)26-24(30)20-5-2-6-21-19(20)11-12-25-21/h2,5-12,14,17,25H,3-4,13,15H2,1H3,(H,26,30)(H,27,28). The van der Waals surface area contributed by atoms with E-state index in [9.17, 15) is 4.79 Å². The fraction of sp³-hybridized carbons (Fsp3) is 0.250. The molecule has 1 amide bonds. The van der Waals surface area contributed by atoms with Crippen LogP contribution in [0.4, 0.5) is 5.82 Å². The van der Waals surface area contributed by atoms with Gasteiger partial charge in [-0.3, -0.25) is 9.89 Å². The van der Waals surface area contributed by atoms with Crippen LogP contribution in [0.5, 0.6) is 5.75 Å². The van der Waals surface area contributed by atoms with E-state index >= 15 is 0 Å². The molecule has 1 unspecified atom stereocenters. The van der Waals surface area contributed by atoms with E-state index in [1.165, 1.54) is 0 Å². The second-order valence-corrected chi connectivity index (χ2v) is 7.87. The van der Waals surface area contributed by atoms with Crippen molar-refractivity contribution in [2.24, 2.45) is 0 Å². The van der Waals surface area contributed by atoms with Crippen LogP contribution < -0.4 is 15.0 Å². The van der Waals surface area contributed by atoms with Gasteiger partial charge < -0.3 is 19.9 Å². The average Bonchev–Trinajstić information content (AvgIpc) is 3.49. The molecule has 2 aromatic carbocycles. The number of piperidine rings is 1. The molecule has 1 aliphatic rings. The van der Waals surface area contributed by atoms with Crippen LogP contribution in [0.15, 0.2) is 60.8 Å². The minimum Gasteiger partial charge on any atom is -0.497 e. The number of methoxy groups -OCH3 is 1. The highest BCUT2D eigenvalue weighted by Gasteiger charge is 2.24. The third kappa shape index (κ3) is 3.86. The molecule has 1 fully saturated rings. The molecule has 158 valence electrons. The normalized spacial score (nSPS) is 16.4. The van der Waals surface area contributed by atoms with Gasteiger partial charge in [0.2, 0.25) is 0 Å². The van der Waals surface area contributed by atoms with Crippen molar-refractivity contribution >= 4 is 22.6 Å². The number of H-pyrrole nitrogens is 2. The number of hydrogen-bond donors (Lipinski definition) is 3. The molecule has 2 aromatic heterocycles. The molecule has 0 aliphatic carbocycles. The van der Waals surface area contributed by atoms with Crippen molar-refractivity contribution in [3.63, 3.8) is 0 Å². The number of ether oxygens (including phenoxy) is 1. The topological polar surface area (TPSA) is 86.0 Å². The number of rotatable bonds is 5. The zero-order chi connectivity index (χ0) is 21.2. The number of nitrogens with zero attached hydrogens (tertiary/aromatic N) is 2. The highest BCUT2D eigenvalue weighted by atomic mass is 16.5. The van der Waals surface area contributed by atoms with E-state index in [1.54, 1.807) is 7.11 Å². The average molecular weight is 415 g/mol. The number of carbonyl (C=O) groups is 1. The van der Waals surface area contributed by atoms with Crippen molar-refractivity contribution in [3.05, 3.63) is 66.4 Å². The SMILES string of the molecule is COc1ccc(-c2cc(N3CCCC(NC(=O)c4cccc5[nH]ccc45)C3)n[nH]2)cc1. The number of nitrogens with one attached hydrogen (secondary N) is 3. The fourth-order valence-electron chi connectivity index (χ4n) is 4.24. The minimum atomic E-state index is -0.0296. The second kappa shape index (κ2) is 8.18. The maximum atomic E-state index is 12.9. The summed E-state index contributed by atoms with van der Waals surface area (Å²) >= 11 is 0. The van der Waals surface area contributed by atoms with Gasteiger partial charge in [0.25, 0.3) is 5.91 Å². The number of benzene rings is 2. The molecule has 1 atom stereocenters. The maximum absolute atomic E-state index is 12.9. The Morgan fingerprint density at radius 3 is 2.90 bits per heavy atom. The van der Waals surface area contributed by atoms with Crippen LogP contribution >= 0.6 is 0 Å². The Bertz CT molecular complexity index is 1190. The van der Waals surface area contributed by atoms with Crippen LogP contribution in [0.3, 0.4) is 0 Å². The lowest BCUT2D eigenvalue weighted by molar-refractivity contribution is 0.0935. The van der Waals surface area contributed by atoms with E-state index in [4.69, 9.17) is 4.74 Å². The number of fused-ring (bicyclic) bond motifs is 1. The summed E-state index contributed by atoms with van der Waals surface area (Å²) < 4.78 is 5.23. The lowest BCUT2D eigenvalue weighted by Crippen LogP contribution is -2.48. The van der Waals surface area contributed by atoms with Gasteiger partial charge in [-0.1, -0.05) is 6.07 Å². The number of aromatic amines is 2. The van der Waals surface area contributed by atoms with E-state index in [2.05, 4.69) is 31.5 Å². The number of aromatic nitrogens is 3. The largest absolute Gasteiger partial charge is 0.497 e. The summed E-state index contributed by atoms with van der Waals surface area (Å²) in [5, 5.41) is 11.8. The van der Waals surface area contributed by atoms with E-state index in [0.717, 1.165) is 59.7 Å². The highest BCUT2D eigenvalue weighted by molar-refractivity contribution is 6.06. The molecule has 0 bridgehead atoms. The van der Waals surface area contributed by atoms with Gasteiger partial charge >= 0.3 is 0 Å². The zero-order valence-corrected chi connectivity index (χ0v) is 17.4. The fourth-order valence-corrected chi connectivity index (χ4v) is 4.24. The van der Waals surface area contributed by atoms with Gasteiger partial charge in [0.05, 0.1) is 12.8 Å². The molecule has 7 nitrogen and oxygen atoms in total. The summed E-state index contributed by atoms with van der Waals surface area (Å²) in [6.07, 6.45) is 3.83. The number of amides is 1. The molecule has 4 aromatic rings. The lowest BCUT2D eigenvalue weighted by Gasteiger charge is -2.33. The molecule has 0 spiro atoms. The predicted molar refractivity (Wildman–Crippen MR) is 122 cm³/mol. The molecule has 3 heterocycles. The molecule has 3 N–H and O–H groups in total. The summed E-state index contributed by atoms with van der Waals surface area (Å²) in [6, 6.07) is 17.7. The minimum absolute atomic E-state index is 0.0296. The van der Waals surface area contributed by atoms with Gasteiger partial charge in [-0.2, -0.15) is 5.10 Å². The Morgan fingerprint density at radius 2 is 2.06 bits per heavy atom. The first kappa shape index (κ1) is 19.2. The molecule has 7 heteroatoms. The molecular weight excluding hydrogens is 390 g/mol. The molecular formula is C24H25N5O2. The van der Waals surface area contributed by atoms with Crippen LogP contribution in [0, 0.1) is 0 Å². The van der Waals surface area contributed by atoms with Gasteiger partial charge in [-0.05, 0) is 60.9 Å². The summed E-state index contributed by atoms with van der Waals surface area (Å²) in [7, 11) is 1.66. The van der Waals surface area contributed by atoms with Crippen molar-refractivity contribution in [1.82, 2.24) is 20.5 Å². The first-order chi connectivity index (χ1) is 15.2. The predicted octanol–water partition coefficient (Wildman–Crippen LogP) is 3.97. The molecule has 1 aliphatic heterocycles. The zero-order valence-electron chi connectivity index (χ0n) is 17.4. The van der Waals surface area contributed by atoms with E-state index in [1.807, 2.05) is 54.7 Å². The van der Waals surface area contributed by atoms with E-state index < -0.39 is 0 Å². The van der Waals surface area contributed by atoms with E-state index in [-0.39, 0.29) is 11.9 Å². The molecule has 31 heavy (non-hydrogen) atoms. The maximum Gasteiger partial charge on any atom is 0.252 e. The van der Waals surface area contributed by atoms with Crippen LogP contribution in [-0.4, -0.2) is 47.3 Å². The quantitative estimate of drug-likeness (QED) is 0.460. The first-order valence-electron chi connectivity index (χ1n) is 10.5. The molecule has 5 rings (SSSR count). The summed E-state index contributed by atoms with van der Waals surface area (Å²) in [4.78, 5) is 18.3. The summed E-state index contributed by atoms with van der Waals surface area (Å²) in [5.41, 5.74) is 3.70. The van der Waals surface area contributed by atoms with Gasteiger partial charge in [0, 0.05) is 47.9 Å². The smallest absolute Gasteiger partial charge is 0.252 e. The first-order valence-corrected chi connectivity index (χ1v) is 10.5. The third-order valence-electron chi connectivity index (χ3n) is 5.89. The molecule has 1 saturated heterocycles. The van der Waals surface area contributed by atoms with Crippen LogP contribution in [0.25, 0.3) is 22.2 Å². The van der Waals surface area contributed by atoms with Crippen LogP contribution in [-0.2, 0) is 0 Å². The Morgan fingerprint density at radius 1 is 1.19 bits per heavy atom. The van der Waals surface area contributed by atoms with Gasteiger partial charge in [-0.25, -0.2) is 0 Å². The number of anilines is 1. The van der Waals surface area contributed by atoms with Crippen LogP contribution in [0.1, 0.15) is 23.2 Å². The number of hydrogen-bond acceptors (Lipinski definition) is 4. The molecule has 0 radical (unpaired) electrons. The molecule has 0 saturated carbocycles. The monoisotopic (exact) mass is 415 g/mol. The number of carbonyl (C=O) groups excluding carboxylic acids is 1. The Balaban J connectivity index is 1.28. The van der Waals surface area contributed by atoms with Crippen molar-refractivity contribution in [1.29, 1.82) is 0 Å². The van der Waals surface area contributed by atoms with Crippen molar-refractivity contribution < 1.29 is 9.53 Å². The van der Waals surface area contributed by atoms with Crippen LogP contribution in [0.2, 0.25) is 0 Å². The Labute approximate surface area is 180 Å². The van der Waals surface area contributed by atoms with Gasteiger partial charge in [0.15, 0.2) is 5.82 Å². The second-order valence-electron chi connectivity index (χ2n) is 7.87.